The number of hydrogen-bond donors (Lipinski definition) is 1. The second kappa shape index (κ2) is 27.4. The Balaban J connectivity index is 1.15. The lowest BCUT2D eigenvalue weighted by molar-refractivity contribution is -0.340. The Labute approximate surface area is 430 Å². The van der Waals surface area contributed by atoms with Crippen LogP contribution in [0.15, 0.2) is 182 Å². The van der Waals surface area contributed by atoms with Gasteiger partial charge in [-0.1, -0.05) is 158 Å². The third kappa shape index (κ3) is 15.3. The van der Waals surface area contributed by atoms with E-state index in [9.17, 15) is 24.3 Å². The lowest BCUT2D eigenvalue weighted by Gasteiger charge is -2.47. The van der Waals surface area contributed by atoms with Crippen LogP contribution >= 0.6 is 0 Å². The van der Waals surface area contributed by atoms with Crippen LogP contribution in [0.5, 0.6) is 0 Å². The van der Waals surface area contributed by atoms with Gasteiger partial charge in [0.15, 0.2) is 24.8 Å². The topological polar surface area (TPSA) is 181 Å². The first-order chi connectivity index (χ1) is 36.2. The molecule has 2 heterocycles. The smallest absolute Gasteiger partial charge is 0.338 e. The van der Waals surface area contributed by atoms with E-state index in [1.54, 1.807) is 60.7 Å². The minimum absolute atomic E-state index is 0.0617. The van der Waals surface area contributed by atoms with Gasteiger partial charge in [0.2, 0.25) is 0 Å². The summed E-state index contributed by atoms with van der Waals surface area (Å²) in [5.41, 5.74) is 3.74. The van der Waals surface area contributed by atoms with Gasteiger partial charge < -0.3 is 57.3 Å². The van der Waals surface area contributed by atoms with Gasteiger partial charge in [-0.3, -0.25) is 4.79 Å². The van der Waals surface area contributed by atoms with Crippen molar-refractivity contribution in [1.29, 1.82) is 0 Å². The quantitative estimate of drug-likeness (QED) is 0.0453. The van der Waals surface area contributed by atoms with Crippen molar-refractivity contribution in [3.05, 3.63) is 215 Å². The maximum Gasteiger partial charge on any atom is 0.338 e. The molecule has 15 heteroatoms. The summed E-state index contributed by atoms with van der Waals surface area (Å²) in [5, 5.41) is 11.9. The third-order valence-corrected chi connectivity index (χ3v) is 12.4. The summed E-state index contributed by atoms with van der Waals surface area (Å²) in [4.78, 5) is 53.4. The first-order valence-electron chi connectivity index (χ1n) is 24.6. The molecule has 0 saturated carbocycles. The summed E-state index contributed by atoms with van der Waals surface area (Å²) in [7, 11) is 0. The molecule has 0 radical (unpaired) electrons. The first-order valence-corrected chi connectivity index (χ1v) is 24.6. The van der Waals surface area contributed by atoms with E-state index in [2.05, 4.69) is 0 Å². The molecule has 386 valence electrons. The zero-order chi connectivity index (χ0) is 51.5. The average molecular weight is 1010 g/mol. The summed E-state index contributed by atoms with van der Waals surface area (Å²) >= 11 is 0. The number of ether oxygens (including phenoxy) is 10. The van der Waals surface area contributed by atoms with Crippen molar-refractivity contribution in [3.63, 3.8) is 0 Å². The fourth-order valence-electron chi connectivity index (χ4n) is 8.53. The molecule has 0 bridgehead atoms. The molecule has 2 saturated heterocycles. The van der Waals surface area contributed by atoms with Crippen LogP contribution in [0, 0.1) is 0 Å². The number of carbonyl (C=O) groups is 4. The molecule has 8 rings (SSSR count). The molecular weight excluding hydrogens is 949 g/mol. The number of benzene rings is 6. The minimum Gasteiger partial charge on any atom is -0.459 e. The Morgan fingerprint density at radius 2 is 0.824 bits per heavy atom. The number of aliphatic hydroxyl groups is 1. The summed E-state index contributed by atoms with van der Waals surface area (Å²) in [6, 6.07) is 54.3. The zero-order valence-corrected chi connectivity index (χ0v) is 40.9. The predicted octanol–water partition coefficient (Wildman–Crippen LogP) is 8.15. The van der Waals surface area contributed by atoms with Crippen molar-refractivity contribution in [2.45, 2.75) is 108 Å². The van der Waals surface area contributed by atoms with Gasteiger partial charge in [-0.2, -0.15) is 0 Å². The van der Waals surface area contributed by atoms with Gasteiger partial charge in [0.05, 0.1) is 50.6 Å². The van der Waals surface area contributed by atoms with Crippen LogP contribution in [0.4, 0.5) is 0 Å². The van der Waals surface area contributed by atoms with Crippen molar-refractivity contribution >= 4 is 23.7 Å². The van der Waals surface area contributed by atoms with E-state index in [1.807, 2.05) is 121 Å². The first kappa shape index (κ1) is 53.4. The Morgan fingerprint density at radius 1 is 0.419 bits per heavy atom. The number of carbonyl (C=O) groups excluding carboxylic acids is 4. The van der Waals surface area contributed by atoms with E-state index in [-0.39, 0.29) is 62.8 Å². The fraction of sp³-hybridized carbons (Fsp3) is 0.322. The molecule has 0 aliphatic carbocycles. The molecule has 74 heavy (non-hydrogen) atoms. The van der Waals surface area contributed by atoms with Gasteiger partial charge in [-0.15, -0.1) is 0 Å². The Morgan fingerprint density at radius 3 is 1.30 bits per heavy atom. The van der Waals surface area contributed by atoms with Crippen molar-refractivity contribution in [2.75, 3.05) is 13.2 Å². The molecule has 10 atom stereocenters. The van der Waals surface area contributed by atoms with Gasteiger partial charge >= 0.3 is 17.9 Å². The maximum absolute atomic E-state index is 14.2. The zero-order valence-electron chi connectivity index (χ0n) is 40.9. The summed E-state index contributed by atoms with van der Waals surface area (Å²) in [6.45, 7) is 0.792. The Hall–Kier alpha value is -6.92. The van der Waals surface area contributed by atoms with Crippen LogP contribution in [-0.4, -0.2) is 103 Å². The molecule has 2 fully saturated rings. The number of aliphatic hydroxyl groups excluding tert-OH is 1. The van der Waals surface area contributed by atoms with Crippen molar-refractivity contribution < 1.29 is 71.7 Å². The molecule has 6 aromatic carbocycles. The van der Waals surface area contributed by atoms with E-state index in [0.717, 1.165) is 22.3 Å². The molecule has 2 aliphatic rings. The van der Waals surface area contributed by atoms with Crippen molar-refractivity contribution in [3.8, 4) is 0 Å². The highest BCUT2D eigenvalue weighted by Crippen LogP contribution is 2.34. The van der Waals surface area contributed by atoms with Crippen LogP contribution in [-0.2, 0) is 83.4 Å². The second-order valence-corrected chi connectivity index (χ2v) is 17.8. The van der Waals surface area contributed by atoms with Crippen LogP contribution in [0.25, 0.3) is 0 Å². The van der Waals surface area contributed by atoms with Crippen molar-refractivity contribution in [2.24, 2.45) is 0 Å². The normalized spacial score (nSPS) is 23.5. The number of ketones is 1. The minimum atomic E-state index is -1.56. The highest BCUT2D eigenvalue weighted by atomic mass is 16.7. The second-order valence-electron chi connectivity index (χ2n) is 17.8. The molecule has 1 N–H and O–H groups in total. The number of hydrogen-bond acceptors (Lipinski definition) is 15. The molecule has 2 aliphatic heterocycles. The highest BCUT2D eigenvalue weighted by Gasteiger charge is 2.54. The number of rotatable bonds is 24. The Bertz CT molecular complexity index is 2640. The van der Waals surface area contributed by atoms with Gasteiger partial charge in [-0.25, -0.2) is 9.59 Å². The number of Topliss-reactive ketones (excluding diaryl/α,β-unsaturated/α-hetero) is 1. The van der Waals surface area contributed by atoms with Crippen LogP contribution in [0.2, 0.25) is 0 Å². The van der Waals surface area contributed by atoms with E-state index in [4.69, 9.17) is 47.4 Å². The summed E-state index contributed by atoms with van der Waals surface area (Å²) in [6.07, 6.45) is -13.1. The molecule has 0 unspecified atom stereocenters. The molecule has 15 nitrogen and oxygen atoms in total. The van der Waals surface area contributed by atoms with Gasteiger partial charge in [0, 0.05) is 6.42 Å². The fourth-order valence-corrected chi connectivity index (χ4v) is 8.53. The van der Waals surface area contributed by atoms with Crippen LogP contribution in [0.1, 0.15) is 62.7 Å². The third-order valence-electron chi connectivity index (χ3n) is 12.4. The summed E-state index contributed by atoms with van der Waals surface area (Å²) in [5.74, 6) is -2.49. The average Bonchev–Trinajstić information content (AvgIpc) is 3.44. The maximum atomic E-state index is 14.2. The van der Waals surface area contributed by atoms with Crippen LogP contribution < -0.4 is 0 Å². The Kier molecular flexibility index (Phi) is 19.8. The lowest BCUT2D eigenvalue weighted by atomic mass is 9.97. The van der Waals surface area contributed by atoms with Gasteiger partial charge in [0.25, 0.3) is 0 Å². The van der Waals surface area contributed by atoms with E-state index in [0.29, 0.717) is 0 Å². The molecule has 0 amide bonds. The monoisotopic (exact) mass is 1010 g/mol. The predicted molar refractivity (Wildman–Crippen MR) is 268 cm³/mol. The largest absolute Gasteiger partial charge is 0.459 e. The number of esters is 3. The summed E-state index contributed by atoms with van der Waals surface area (Å²) < 4.78 is 64.5. The van der Waals surface area contributed by atoms with E-state index < -0.39 is 85.9 Å². The van der Waals surface area contributed by atoms with Crippen LogP contribution in [0.3, 0.4) is 0 Å². The van der Waals surface area contributed by atoms with E-state index >= 15 is 0 Å². The molecule has 0 spiro atoms. The molecular formula is C59H60O15. The molecule has 0 aromatic heterocycles. The van der Waals surface area contributed by atoms with Gasteiger partial charge in [0.1, 0.15) is 49.0 Å². The standard InChI is InChI=1S/C59H60O15/c1-40(60)32-33-49(61)73-51-48(38-69-56(62)45-28-16-6-17-29-45)72-59(55(74-57(63)46-30-18-7-19-31-46)53(51)67-36-43-24-12-4-13-25-43)70-39-47-50(65-34-41-20-8-2-9-21-41)52(66-35-42-22-10-3-11-23-42)54(58(64)71-47)68-37-44-26-14-5-15-27-44/h2-31,47-48,50-55,58-59,64H,32-39H2,1H3/t47-,48-,50-,51-,52+,53+,54-,55-,58+,59-/m1/s1. The SMILES string of the molecule is CC(=O)CCC(=O)O[C@H]1[C@H](OCc2ccccc2)[C@@H](OC(=O)c2ccccc2)[C@H](OC[C@H]2O[C@H](O)[C@H](OCc3ccccc3)[C@@H](OCc3ccccc3)[C@@H]2OCc2ccccc2)O[C@@H]1COC(=O)c1ccccc1. The molecule has 6 aromatic rings. The lowest BCUT2D eigenvalue weighted by Crippen LogP contribution is -2.64. The van der Waals surface area contributed by atoms with E-state index in [1.165, 1.54) is 6.92 Å². The van der Waals surface area contributed by atoms with Gasteiger partial charge in [-0.05, 0) is 53.4 Å². The highest BCUT2D eigenvalue weighted by molar-refractivity contribution is 5.90. The van der Waals surface area contributed by atoms with Crippen molar-refractivity contribution in [1.82, 2.24) is 0 Å².